The molecular weight excluding hydrogens is 364 g/mol. The molecule has 2 atom stereocenters. The second-order valence-corrected chi connectivity index (χ2v) is 7.71. The minimum atomic E-state index is -0.240. The Kier molecular flexibility index (Phi) is 6.32. The van der Waals surface area contributed by atoms with Crippen molar-refractivity contribution in [2.45, 2.75) is 44.8 Å². The Morgan fingerprint density at radius 1 is 1.07 bits per heavy atom. The molecule has 0 saturated carbocycles. The third kappa shape index (κ3) is 4.89. The largest absolute Gasteiger partial charge is 0.494 e. The maximum absolute atomic E-state index is 12.6. The van der Waals surface area contributed by atoms with Gasteiger partial charge in [-0.15, -0.1) is 0 Å². The molecule has 2 heterocycles. The summed E-state index contributed by atoms with van der Waals surface area (Å²) < 4.78 is 5.49. The van der Waals surface area contributed by atoms with Crippen molar-refractivity contribution in [3.05, 3.63) is 59.7 Å². The van der Waals surface area contributed by atoms with Crippen molar-refractivity contribution in [2.75, 3.05) is 24.6 Å². The van der Waals surface area contributed by atoms with Crippen LogP contribution < -0.4 is 25.8 Å². The van der Waals surface area contributed by atoms with E-state index in [1.807, 2.05) is 31.2 Å². The smallest absolute Gasteiger partial charge is 0.238 e. The van der Waals surface area contributed by atoms with Crippen molar-refractivity contribution in [1.82, 2.24) is 16.2 Å². The Hall–Kier alpha value is -2.57. The van der Waals surface area contributed by atoms with E-state index in [1.165, 1.54) is 18.5 Å². The fraction of sp³-hybridized carbons (Fsp3) is 0.435. The molecule has 2 fully saturated rings. The van der Waals surface area contributed by atoms with Crippen molar-refractivity contribution in [2.24, 2.45) is 0 Å². The zero-order valence-corrected chi connectivity index (χ0v) is 17.0. The predicted octanol–water partition coefficient (Wildman–Crippen LogP) is 2.91. The van der Waals surface area contributed by atoms with Crippen LogP contribution in [0.3, 0.4) is 0 Å². The summed E-state index contributed by atoms with van der Waals surface area (Å²) in [4.78, 5) is 15.0. The fourth-order valence-corrected chi connectivity index (χ4v) is 4.02. The lowest BCUT2D eigenvalue weighted by atomic mass is 10.0. The Bertz CT molecular complexity index is 801. The molecule has 1 amide bonds. The Morgan fingerprint density at radius 2 is 1.79 bits per heavy atom. The fourth-order valence-electron chi connectivity index (χ4n) is 4.02. The van der Waals surface area contributed by atoms with Crippen LogP contribution >= 0.6 is 0 Å². The average Bonchev–Trinajstić information content (AvgIpc) is 3.46. The van der Waals surface area contributed by atoms with E-state index >= 15 is 0 Å². The van der Waals surface area contributed by atoms with Crippen LogP contribution in [0.1, 0.15) is 43.4 Å². The third-order valence-corrected chi connectivity index (χ3v) is 5.69. The Balaban J connectivity index is 1.26. The lowest BCUT2D eigenvalue weighted by Crippen LogP contribution is -2.42. The first-order valence-corrected chi connectivity index (χ1v) is 10.6. The van der Waals surface area contributed by atoms with E-state index in [9.17, 15) is 4.79 Å². The first-order chi connectivity index (χ1) is 14.2. The molecule has 0 radical (unpaired) electrons. The highest BCUT2D eigenvalue weighted by Crippen LogP contribution is 2.24. The van der Waals surface area contributed by atoms with E-state index in [-0.39, 0.29) is 18.0 Å². The summed E-state index contributed by atoms with van der Waals surface area (Å²) in [5.74, 6) is 0.891. The van der Waals surface area contributed by atoms with Crippen molar-refractivity contribution < 1.29 is 9.53 Å². The van der Waals surface area contributed by atoms with Gasteiger partial charge < -0.3 is 15.0 Å². The molecule has 4 rings (SSSR count). The zero-order valence-electron chi connectivity index (χ0n) is 17.0. The first kappa shape index (κ1) is 19.7. The van der Waals surface area contributed by atoms with Crippen LogP contribution in [0.2, 0.25) is 0 Å². The van der Waals surface area contributed by atoms with Crippen molar-refractivity contribution in [3.63, 3.8) is 0 Å². The summed E-state index contributed by atoms with van der Waals surface area (Å²) in [7, 11) is 0. The monoisotopic (exact) mass is 394 g/mol. The predicted molar refractivity (Wildman–Crippen MR) is 115 cm³/mol. The van der Waals surface area contributed by atoms with E-state index in [2.05, 4.69) is 45.3 Å². The Morgan fingerprint density at radius 3 is 2.48 bits per heavy atom. The molecule has 0 aliphatic carbocycles. The molecule has 2 aromatic carbocycles. The summed E-state index contributed by atoms with van der Waals surface area (Å²) in [5, 5.41) is 3.05. The molecular formula is C23H30N4O2. The van der Waals surface area contributed by atoms with Crippen LogP contribution in [0.4, 0.5) is 5.69 Å². The van der Waals surface area contributed by atoms with Gasteiger partial charge in [0.05, 0.1) is 6.61 Å². The highest BCUT2D eigenvalue weighted by molar-refractivity contribution is 5.82. The van der Waals surface area contributed by atoms with Gasteiger partial charge in [-0.2, -0.15) is 0 Å². The van der Waals surface area contributed by atoms with Crippen LogP contribution in [0.5, 0.6) is 5.75 Å². The van der Waals surface area contributed by atoms with E-state index in [0.717, 1.165) is 30.0 Å². The lowest BCUT2D eigenvalue weighted by molar-refractivity contribution is -0.123. The molecule has 3 N–H and O–H groups in total. The van der Waals surface area contributed by atoms with Crippen LogP contribution in [-0.4, -0.2) is 31.6 Å². The molecule has 6 heteroatoms. The number of rotatable bonds is 7. The first-order valence-electron chi connectivity index (χ1n) is 10.6. The standard InChI is InChI=1S/C23H30N4O2/c1-2-29-20-11-7-18(8-12-20)21-15-22(26-25-21)23(28)24-16-17-5-9-19(10-6-17)27-13-3-4-14-27/h5-12,21-22,25-26H,2-4,13-16H2,1H3,(H,24,28). The zero-order chi connectivity index (χ0) is 20.1. The number of carbonyl (C=O) groups is 1. The number of nitrogens with one attached hydrogen (secondary N) is 3. The number of carbonyl (C=O) groups excluding carboxylic acids is 1. The SMILES string of the molecule is CCOc1ccc(C2CC(C(=O)NCc3ccc(N4CCCC4)cc3)NN2)cc1. The van der Waals surface area contributed by atoms with Gasteiger partial charge in [-0.05, 0) is 61.6 Å². The molecule has 6 nitrogen and oxygen atoms in total. The summed E-state index contributed by atoms with van der Waals surface area (Å²) in [6.07, 6.45) is 3.27. The van der Waals surface area contributed by atoms with Gasteiger partial charge in [-0.25, -0.2) is 10.9 Å². The summed E-state index contributed by atoms with van der Waals surface area (Å²) in [6.45, 7) is 5.47. The van der Waals surface area contributed by atoms with E-state index in [1.54, 1.807) is 0 Å². The molecule has 29 heavy (non-hydrogen) atoms. The van der Waals surface area contributed by atoms with Crippen molar-refractivity contribution in [3.8, 4) is 5.75 Å². The van der Waals surface area contributed by atoms with Gasteiger partial charge in [0.15, 0.2) is 0 Å². The third-order valence-electron chi connectivity index (χ3n) is 5.69. The Labute approximate surface area is 172 Å². The number of benzene rings is 2. The molecule has 2 aliphatic rings. The topological polar surface area (TPSA) is 65.6 Å². The molecule has 0 bridgehead atoms. The number of amides is 1. The lowest BCUT2D eigenvalue weighted by Gasteiger charge is -2.18. The van der Waals surface area contributed by atoms with Gasteiger partial charge in [-0.3, -0.25) is 4.79 Å². The van der Waals surface area contributed by atoms with Gasteiger partial charge in [0.2, 0.25) is 5.91 Å². The summed E-state index contributed by atoms with van der Waals surface area (Å²) in [6, 6.07) is 16.4. The number of nitrogens with zero attached hydrogens (tertiary/aromatic N) is 1. The molecule has 2 unspecified atom stereocenters. The minimum absolute atomic E-state index is 0.0227. The number of hydrazine groups is 1. The molecule has 2 aromatic rings. The second kappa shape index (κ2) is 9.29. The minimum Gasteiger partial charge on any atom is -0.494 e. The van der Waals surface area contributed by atoms with Crippen LogP contribution in [-0.2, 0) is 11.3 Å². The maximum Gasteiger partial charge on any atom is 0.238 e. The number of ether oxygens (including phenoxy) is 1. The normalized spacial score (nSPS) is 21.3. The van der Waals surface area contributed by atoms with Gasteiger partial charge in [0, 0.05) is 31.4 Å². The van der Waals surface area contributed by atoms with Gasteiger partial charge in [0.1, 0.15) is 11.8 Å². The van der Waals surface area contributed by atoms with Crippen LogP contribution in [0, 0.1) is 0 Å². The van der Waals surface area contributed by atoms with Crippen molar-refractivity contribution in [1.29, 1.82) is 0 Å². The van der Waals surface area contributed by atoms with E-state index < -0.39 is 0 Å². The molecule has 154 valence electrons. The average molecular weight is 395 g/mol. The second-order valence-electron chi connectivity index (χ2n) is 7.71. The van der Waals surface area contributed by atoms with Crippen molar-refractivity contribution >= 4 is 11.6 Å². The van der Waals surface area contributed by atoms with E-state index in [0.29, 0.717) is 19.6 Å². The molecule has 0 spiro atoms. The number of anilines is 1. The van der Waals surface area contributed by atoms with Gasteiger partial charge in [-0.1, -0.05) is 24.3 Å². The van der Waals surface area contributed by atoms with Crippen LogP contribution in [0.25, 0.3) is 0 Å². The van der Waals surface area contributed by atoms with E-state index in [4.69, 9.17) is 4.74 Å². The highest BCUT2D eigenvalue weighted by atomic mass is 16.5. The highest BCUT2D eigenvalue weighted by Gasteiger charge is 2.29. The summed E-state index contributed by atoms with van der Waals surface area (Å²) >= 11 is 0. The molecule has 2 saturated heterocycles. The van der Waals surface area contributed by atoms with Gasteiger partial charge in [0.25, 0.3) is 0 Å². The molecule has 2 aliphatic heterocycles. The molecule has 0 aromatic heterocycles. The summed E-state index contributed by atoms with van der Waals surface area (Å²) in [5.41, 5.74) is 9.91. The maximum atomic E-state index is 12.6. The van der Waals surface area contributed by atoms with Gasteiger partial charge >= 0.3 is 0 Å². The number of hydrogen-bond donors (Lipinski definition) is 3. The number of hydrogen-bond acceptors (Lipinski definition) is 5. The van der Waals surface area contributed by atoms with Crippen LogP contribution in [0.15, 0.2) is 48.5 Å². The quantitative estimate of drug-likeness (QED) is 0.674.